The smallest absolute Gasteiger partial charge is 0.269 e. The normalized spacial score (nSPS) is 12.5. The van der Waals surface area contributed by atoms with Crippen LogP contribution in [-0.4, -0.2) is 34.4 Å². The molecule has 2 amide bonds. The summed E-state index contributed by atoms with van der Waals surface area (Å²) in [6.45, 7) is -0.100. The summed E-state index contributed by atoms with van der Waals surface area (Å²) in [4.78, 5) is 36.0. The summed E-state index contributed by atoms with van der Waals surface area (Å²) in [6.07, 6.45) is -0.757. The maximum atomic E-state index is 12.8. The zero-order chi connectivity index (χ0) is 22.2. The van der Waals surface area contributed by atoms with Crippen molar-refractivity contribution in [1.82, 2.24) is 10.6 Å². The van der Waals surface area contributed by atoms with Crippen molar-refractivity contribution in [3.8, 4) is 0 Å². The Labute approximate surface area is 182 Å². The standard InChI is InChI=1S/C22H21N3O5S/c26-19(16-8-10-17(11-9-16)25(29)30)14-23-21(27)18(13-15-5-2-1-3-6-15)24-22(28)20-7-4-12-31-20/h1-12,18-19,26H,13-14H2,(H,23,27)(H,24,28). The number of nitrogens with one attached hydrogen (secondary N) is 2. The predicted octanol–water partition coefficient (Wildman–Crippen LogP) is 2.85. The molecule has 0 saturated carbocycles. The Morgan fingerprint density at radius 3 is 2.35 bits per heavy atom. The molecule has 0 saturated heterocycles. The maximum Gasteiger partial charge on any atom is 0.269 e. The van der Waals surface area contributed by atoms with Crippen LogP contribution >= 0.6 is 11.3 Å². The molecule has 3 rings (SSSR count). The van der Waals surface area contributed by atoms with Crippen molar-refractivity contribution >= 4 is 28.8 Å². The molecule has 0 radical (unpaired) electrons. The van der Waals surface area contributed by atoms with Crippen molar-refractivity contribution in [2.24, 2.45) is 0 Å². The number of amides is 2. The summed E-state index contributed by atoms with van der Waals surface area (Å²) in [7, 11) is 0. The van der Waals surface area contributed by atoms with Crippen LogP contribution in [0.1, 0.15) is 26.9 Å². The number of thiophene rings is 1. The van der Waals surface area contributed by atoms with Crippen molar-refractivity contribution < 1.29 is 19.6 Å². The molecule has 0 bridgehead atoms. The topological polar surface area (TPSA) is 122 Å². The van der Waals surface area contributed by atoms with Gasteiger partial charge < -0.3 is 15.7 Å². The number of carbonyl (C=O) groups is 2. The fraction of sp³-hybridized carbons (Fsp3) is 0.182. The summed E-state index contributed by atoms with van der Waals surface area (Å²) in [5.41, 5.74) is 1.23. The highest BCUT2D eigenvalue weighted by Gasteiger charge is 2.23. The van der Waals surface area contributed by atoms with E-state index in [-0.39, 0.29) is 24.6 Å². The second-order valence-electron chi connectivity index (χ2n) is 6.80. The highest BCUT2D eigenvalue weighted by molar-refractivity contribution is 7.12. The number of aliphatic hydroxyl groups is 1. The van der Waals surface area contributed by atoms with Crippen LogP contribution in [0.2, 0.25) is 0 Å². The quantitative estimate of drug-likeness (QED) is 0.350. The Kier molecular flexibility index (Phi) is 7.47. The number of nitro benzene ring substituents is 1. The van der Waals surface area contributed by atoms with E-state index in [9.17, 15) is 24.8 Å². The maximum absolute atomic E-state index is 12.8. The van der Waals surface area contributed by atoms with Gasteiger partial charge in [-0.3, -0.25) is 19.7 Å². The number of rotatable bonds is 9. The molecule has 2 unspecified atom stereocenters. The van der Waals surface area contributed by atoms with Gasteiger partial charge in [0.2, 0.25) is 5.91 Å². The summed E-state index contributed by atoms with van der Waals surface area (Å²) in [6, 6.07) is 17.4. The molecular formula is C22H21N3O5S. The van der Waals surface area contributed by atoms with Crippen LogP contribution in [0.5, 0.6) is 0 Å². The molecule has 1 aromatic heterocycles. The summed E-state index contributed by atoms with van der Waals surface area (Å²) in [5, 5.41) is 28.3. The van der Waals surface area contributed by atoms with Crippen molar-refractivity contribution in [1.29, 1.82) is 0 Å². The van der Waals surface area contributed by atoms with Gasteiger partial charge in [0.15, 0.2) is 0 Å². The van der Waals surface area contributed by atoms with Gasteiger partial charge in [-0.05, 0) is 34.7 Å². The number of hydrogen-bond donors (Lipinski definition) is 3. The number of aliphatic hydroxyl groups excluding tert-OH is 1. The minimum Gasteiger partial charge on any atom is -0.387 e. The Bertz CT molecular complexity index is 1020. The molecule has 9 heteroatoms. The molecule has 3 aromatic rings. The molecule has 0 aliphatic heterocycles. The Balaban J connectivity index is 1.65. The number of benzene rings is 2. The lowest BCUT2D eigenvalue weighted by atomic mass is 10.0. The second kappa shape index (κ2) is 10.5. The molecule has 0 fully saturated rings. The lowest BCUT2D eigenvalue weighted by Crippen LogP contribution is -2.48. The van der Waals surface area contributed by atoms with Crippen molar-refractivity contribution in [3.05, 3.63) is 98.2 Å². The average Bonchev–Trinajstić information content (AvgIpc) is 3.32. The van der Waals surface area contributed by atoms with E-state index in [2.05, 4.69) is 10.6 Å². The highest BCUT2D eigenvalue weighted by atomic mass is 32.1. The fourth-order valence-corrected chi connectivity index (χ4v) is 3.58. The van der Waals surface area contributed by atoms with Crippen LogP contribution in [0.25, 0.3) is 0 Å². The average molecular weight is 439 g/mol. The van der Waals surface area contributed by atoms with E-state index >= 15 is 0 Å². The van der Waals surface area contributed by atoms with Gasteiger partial charge in [0, 0.05) is 25.1 Å². The van der Waals surface area contributed by atoms with E-state index in [4.69, 9.17) is 0 Å². The first-order valence-corrected chi connectivity index (χ1v) is 10.4. The third-order valence-corrected chi connectivity index (χ3v) is 5.48. The Morgan fingerprint density at radius 2 is 1.74 bits per heavy atom. The first-order valence-electron chi connectivity index (χ1n) is 9.52. The number of nitrogens with zero attached hydrogens (tertiary/aromatic N) is 1. The first-order chi connectivity index (χ1) is 14.9. The van der Waals surface area contributed by atoms with Gasteiger partial charge in [-0.2, -0.15) is 0 Å². The largest absolute Gasteiger partial charge is 0.387 e. The Hall–Kier alpha value is -3.56. The van der Waals surface area contributed by atoms with Gasteiger partial charge in [0.05, 0.1) is 15.9 Å². The van der Waals surface area contributed by atoms with Gasteiger partial charge in [0.1, 0.15) is 6.04 Å². The summed E-state index contributed by atoms with van der Waals surface area (Å²) < 4.78 is 0. The first kappa shape index (κ1) is 22.1. The van der Waals surface area contributed by atoms with Gasteiger partial charge in [-0.25, -0.2) is 0 Å². The molecule has 2 aromatic carbocycles. The van der Waals surface area contributed by atoms with E-state index in [0.29, 0.717) is 10.4 Å². The number of non-ortho nitro benzene ring substituents is 1. The number of nitro groups is 1. The van der Waals surface area contributed by atoms with Crippen LogP contribution in [0, 0.1) is 10.1 Å². The van der Waals surface area contributed by atoms with Crippen molar-refractivity contribution in [2.45, 2.75) is 18.6 Å². The van der Waals surface area contributed by atoms with Gasteiger partial charge >= 0.3 is 0 Å². The van der Waals surface area contributed by atoms with Gasteiger partial charge in [-0.15, -0.1) is 11.3 Å². The fourth-order valence-electron chi connectivity index (χ4n) is 2.95. The van der Waals surface area contributed by atoms with Crippen molar-refractivity contribution in [3.63, 3.8) is 0 Å². The minimum absolute atomic E-state index is 0.0841. The SMILES string of the molecule is O=C(NC(Cc1ccccc1)C(=O)NCC(O)c1ccc([N+](=O)[O-])cc1)c1cccs1. The molecular weight excluding hydrogens is 418 g/mol. The third-order valence-electron chi connectivity index (χ3n) is 4.61. The molecule has 1 heterocycles. The van der Waals surface area contributed by atoms with Crippen LogP contribution in [0.15, 0.2) is 72.1 Å². The van der Waals surface area contributed by atoms with E-state index in [0.717, 1.165) is 5.56 Å². The van der Waals surface area contributed by atoms with Crippen LogP contribution < -0.4 is 10.6 Å². The second-order valence-corrected chi connectivity index (χ2v) is 7.75. The number of hydrogen-bond acceptors (Lipinski definition) is 6. The van der Waals surface area contributed by atoms with Crippen LogP contribution in [0.3, 0.4) is 0 Å². The zero-order valence-corrected chi connectivity index (χ0v) is 17.2. The zero-order valence-electron chi connectivity index (χ0n) is 16.4. The van der Waals surface area contributed by atoms with Gasteiger partial charge in [0.25, 0.3) is 11.6 Å². The van der Waals surface area contributed by atoms with E-state index in [1.54, 1.807) is 17.5 Å². The van der Waals surface area contributed by atoms with Gasteiger partial charge in [-0.1, -0.05) is 36.4 Å². The monoisotopic (exact) mass is 439 g/mol. The predicted molar refractivity (Wildman–Crippen MR) is 117 cm³/mol. The molecule has 31 heavy (non-hydrogen) atoms. The van der Waals surface area contributed by atoms with Crippen molar-refractivity contribution in [2.75, 3.05) is 6.54 Å². The van der Waals surface area contributed by atoms with Crippen LogP contribution in [-0.2, 0) is 11.2 Å². The van der Waals surface area contributed by atoms with E-state index in [1.807, 2.05) is 30.3 Å². The molecule has 0 aliphatic carbocycles. The summed E-state index contributed by atoms with van der Waals surface area (Å²) >= 11 is 1.28. The molecule has 2 atom stereocenters. The molecule has 0 spiro atoms. The third kappa shape index (κ3) is 6.21. The molecule has 3 N–H and O–H groups in total. The molecule has 160 valence electrons. The van der Waals surface area contributed by atoms with E-state index < -0.39 is 23.0 Å². The lowest BCUT2D eigenvalue weighted by molar-refractivity contribution is -0.384. The number of carbonyl (C=O) groups excluding carboxylic acids is 2. The minimum atomic E-state index is -1.05. The Morgan fingerprint density at radius 1 is 1.03 bits per heavy atom. The summed E-state index contributed by atoms with van der Waals surface area (Å²) in [5.74, 6) is -0.781. The van der Waals surface area contributed by atoms with Crippen LogP contribution in [0.4, 0.5) is 5.69 Å². The molecule has 0 aliphatic rings. The highest BCUT2D eigenvalue weighted by Crippen LogP contribution is 2.17. The molecule has 8 nitrogen and oxygen atoms in total. The lowest BCUT2D eigenvalue weighted by Gasteiger charge is -2.20. The van der Waals surface area contributed by atoms with E-state index in [1.165, 1.54) is 35.6 Å².